The molecule has 1 unspecified atom stereocenters. The van der Waals surface area contributed by atoms with Crippen LogP contribution in [0.3, 0.4) is 0 Å². The van der Waals surface area contributed by atoms with Gasteiger partial charge in [0.2, 0.25) is 0 Å². The first-order valence-electron chi connectivity index (χ1n) is 6.46. The summed E-state index contributed by atoms with van der Waals surface area (Å²) in [6, 6.07) is 5.15. The molecule has 3 heteroatoms. The minimum atomic E-state index is -0.191. The number of likely N-dealkylation sites (N-methyl/N-ethyl adjacent to an activating group) is 1. The van der Waals surface area contributed by atoms with Gasteiger partial charge in [-0.2, -0.15) is 0 Å². The van der Waals surface area contributed by atoms with E-state index in [4.69, 9.17) is 4.74 Å². The highest BCUT2D eigenvalue weighted by atomic mass is 19.1. The van der Waals surface area contributed by atoms with E-state index in [1.807, 2.05) is 40.7 Å². The van der Waals surface area contributed by atoms with Gasteiger partial charge in [0, 0.05) is 0 Å². The molecule has 0 amide bonds. The molecule has 0 aliphatic rings. The van der Waals surface area contributed by atoms with Crippen molar-refractivity contribution in [3.05, 3.63) is 35.1 Å². The molecule has 0 bridgehead atoms. The van der Waals surface area contributed by atoms with Crippen LogP contribution in [0.5, 0.6) is 0 Å². The van der Waals surface area contributed by atoms with Crippen LogP contribution in [-0.2, 0) is 4.74 Å². The number of rotatable bonds is 5. The van der Waals surface area contributed by atoms with Crippen LogP contribution in [0.4, 0.5) is 4.39 Å². The summed E-state index contributed by atoms with van der Waals surface area (Å²) >= 11 is 0. The standard InChI is InChI=1S/C15H24FNO/c1-6-17-14(10-18-15(3,4)5)12-7-11(2)8-13(16)9-12/h7-9,14,17H,6,10H2,1-5H3. The van der Waals surface area contributed by atoms with Gasteiger partial charge in [0.25, 0.3) is 0 Å². The maximum absolute atomic E-state index is 13.4. The van der Waals surface area contributed by atoms with Gasteiger partial charge < -0.3 is 10.1 Å². The number of ether oxygens (including phenoxy) is 1. The third kappa shape index (κ3) is 5.15. The molecule has 0 aliphatic carbocycles. The lowest BCUT2D eigenvalue weighted by atomic mass is 10.0. The van der Waals surface area contributed by atoms with Gasteiger partial charge in [-0.05, 0) is 57.5 Å². The molecule has 0 saturated carbocycles. The topological polar surface area (TPSA) is 21.3 Å². The maximum Gasteiger partial charge on any atom is 0.123 e. The predicted octanol–water partition coefficient (Wildman–Crippen LogP) is 3.60. The Labute approximate surface area is 110 Å². The fourth-order valence-corrected chi connectivity index (χ4v) is 1.82. The molecule has 1 aromatic rings. The van der Waals surface area contributed by atoms with E-state index in [1.54, 1.807) is 6.07 Å². The normalized spacial score (nSPS) is 13.7. The summed E-state index contributed by atoms with van der Waals surface area (Å²) in [5, 5.41) is 3.33. The van der Waals surface area contributed by atoms with Crippen LogP contribution in [0.1, 0.15) is 44.9 Å². The largest absolute Gasteiger partial charge is 0.374 e. The van der Waals surface area contributed by atoms with Gasteiger partial charge in [0.15, 0.2) is 0 Å². The van der Waals surface area contributed by atoms with Crippen molar-refractivity contribution in [1.29, 1.82) is 0 Å². The van der Waals surface area contributed by atoms with Crippen molar-refractivity contribution in [2.75, 3.05) is 13.2 Å². The van der Waals surface area contributed by atoms with Crippen LogP contribution in [0.15, 0.2) is 18.2 Å². The van der Waals surface area contributed by atoms with Gasteiger partial charge in [-0.3, -0.25) is 0 Å². The second-order valence-corrected chi connectivity index (χ2v) is 5.60. The Morgan fingerprint density at radius 1 is 1.28 bits per heavy atom. The SMILES string of the molecule is CCNC(COC(C)(C)C)c1cc(C)cc(F)c1. The zero-order valence-corrected chi connectivity index (χ0v) is 12.0. The van der Waals surface area contributed by atoms with Gasteiger partial charge in [-0.15, -0.1) is 0 Å². The quantitative estimate of drug-likeness (QED) is 0.865. The number of hydrogen-bond acceptors (Lipinski definition) is 2. The van der Waals surface area contributed by atoms with Crippen molar-refractivity contribution in [3.63, 3.8) is 0 Å². The Morgan fingerprint density at radius 3 is 2.44 bits per heavy atom. The second kappa shape index (κ2) is 6.30. The van der Waals surface area contributed by atoms with E-state index in [2.05, 4.69) is 5.32 Å². The summed E-state index contributed by atoms with van der Waals surface area (Å²) in [4.78, 5) is 0. The number of aryl methyl sites for hydroxylation is 1. The number of halogens is 1. The first-order valence-corrected chi connectivity index (χ1v) is 6.46. The summed E-state index contributed by atoms with van der Waals surface area (Å²) in [7, 11) is 0. The molecule has 2 nitrogen and oxygen atoms in total. The molecule has 0 radical (unpaired) electrons. The van der Waals surface area contributed by atoms with E-state index in [0.717, 1.165) is 17.7 Å². The Morgan fingerprint density at radius 2 is 1.94 bits per heavy atom. The van der Waals surface area contributed by atoms with Crippen molar-refractivity contribution < 1.29 is 9.13 Å². The van der Waals surface area contributed by atoms with Crippen molar-refractivity contribution in [2.45, 2.75) is 46.3 Å². The zero-order chi connectivity index (χ0) is 13.8. The monoisotopic (exact) mass is 253 g/mol. The highest BCUT2D eigenvalue weighted by Crippen LogP contribution is 2.19. The van der Waals surface area contributed by atoms with Gasteiger partial charge in [-0.1, -0.05) is 13.0 Å². The van der Waals surface area contributed by atoms with E-state index in [1.165, 1.54) is 6.07 Å². The average molecular weight is 253 g/mol. The number of benzene rings is 1. The molecule has 102 valence electrons. The zero-order valence-electron chi connectivity index (χ0n) is 12.0. The smallest absolute Gasteiger partial charge is 0.123 e. The molecule has 0 aliphatic heterocycles. The van der Waals surface area contributed by atoms with Gasteiger partial charge in [-0.25, -0.2) is 4.39 Å². The lowest BCUT2D eigenvalue weighted by Crippen LogP contribution is -2.30. The van der Waals surface area contributed by atoms with E-state index >= 15 is 0 Å². The van der Waals surface area contributed by atoms with Crippen molar-refractivity contribution in [2.24, 2.45) is 0 Å². The fourth-order valence-electron chi connectivity index (χ4n) is 1.82. The van der Waals surface area contributed by atoms with Crippen LogP contribution in [0, 0.1) is 12.7 Å². The summed E-state index contributed by atoms with van der Waals surface area (Å²) < 4.78 is 19.2. The molecule has 0 saturated heterocycles. The first kappa shape index (κ1) is 15.1. The van der Waals surface area contributed by atoms with E-state index in [9.17, 15) is 4.39 Å². The van der Waals surface area contributed by atoms with E-state index in [0.29, 0.717) is 6.61 Å². The van der Waals surface area contributed by atoms with Gasteiger partial charge in [0.1, 0.15) is 5.82 Å². The average Bonchev–Trinajstić information content (AvgIpc) is 2.21. The lowest BCUT2D eigenvalue weighted by molar-refractivity contribution is -0.0146. The highest BCUT2D eigenvalue weighted by molar-refractivity contribution is 5.26. The molecular weight excluding hydrogens is 229 g/mol. The van der Waals surface area contributed by atoms with E-state index < -0.39 is 0 Å². The maximum atomic E-state index is 13.4. The van der Waals surface area contributed by atoms with E-state index in [-0.39, 0.29) is 17.5 Å². The summed E-state index contributed by atoms with van der Waals surface area (Å²) in [5.74, 6) is -0.191. The Hall–Kier alpha value is -0.930. The fraction of sp³-hybridized carbons (Fsp3) is 0.600. The van der Waals surface area contributed by atoms with Crippen LogP contribution >= 0.6 is 0 Å². The van der Waals surface area contributed by atoms with Crippen LogP contribution in [-0.4, -0.2) is 18.8 Å². The number of hydrogen-bond donors (Lipinski definition) is 1. The summed E-state index contributed by atoms with van der Waals surface area (Å²) in [5.41, 5.74) is 1.69. The van der Waals surface area contributed by atoms with Crippen molar-refractivity contribution >= 4 is 0 Å². The minimum absolute atomic E-state index is 0.0311. The van der Waals surface area contributed by atoms with Gasteiger partial charge >= 0.3 is 0 Å². The number of nitrogens with one attached hydrogen (secondary N) is 1. The third-order valence-electron chi connectivity index (χ3n) is 2.60. The van der Waals surface area contributed by atoms with Crippen LogP contribution in [0.2, 0.25) is 0 Å². The van der Waals surface area contributed by atoms with Crippen molar-refractivity contribution in [1.82, 2.24) is 5.32 Å². The summed E-state index contributed by atoms with van der Waals surface area (Å²) in [6.45, 7) is 11.4. The molecule has 0 heterocycles. The second-order valence-electron chi connectivity index (χ2n) is 5.60. The Kier molecular flexibility index (Phi) is 5.29. The van der Waals surface area contributed by atoms with Gasteiger partial charge in [0.05, 0.1) is 18.2 Å². The molecule has 1 aromatic carbocycles. The molecule has 0 spiro atoms. The van der Waals surface area contributed by atoms with Crippen molar-refractivity contribution in [3.8, 4) is 0 Å². The molecule has 1 rings (SSSR count). The molecule has 0 aromatic heterocycles. The van der Waals surface area contributed by atoms with Crippen LogP contribution < -0.4 is 5.32 Å². The third-order valence-corrected chi connectivity index (χ3v) is 2.60. The molecule has 0 fully saturated rings. The molecule has 1 atom stereocenters. The highest BCUT2D eigenvalue weighted by Gasteiger charge is 2.17. The lowest BCUT2D eigenvalue weighted by Gasteiger charge is -2.25. The molecular formula is C15H24FNO. The summed E-state index contributed by atoms with van der Waals surface area (Å²) in [6.07, 6.45) is 0. The first-order chi connectivity index (χ1) is 8.31. The molecule has 18 heavy (non-hydrogen) atoms. The Balaban J connectivity index is 2.83. The minimum Gasteiger partial charge on any atom is -0.374 e. The Bertz CT molecular complexity index is 364. The molecule has 1 N–H and O–H groups in total. The predicted molar refractivity (Wildman–Crippen MR) is 73.3 cm³/mol. The van der Waals surface area contributed by atoms with Crippen LogP contribution in [0.25, 0.3) is 0 Å².